The Labute approximate surface area is 103 Å². The Morgan fingerprint density at radius 2 is 2.29 bits per heavy atom. The van der Waals surface area contributed by atoms with Crippen LogP contribution in [0.15, 0.2) is 11.4 Å². The molecule has 2 heterocycles. The van der Waals surface area contributed by atoms with E-state index in [1.807, 2.05) is 11.4 Å². The molecule has 0 radical (unpaired) electrons. The number of nitrogens with two attached hydrogens (primary N) is 1. The van der Waals surface area contributed by atoms with E-state index in [4.69, 9.17) is 10.5 Å². The zero-order valence-corrected chi connectivity index (χ0v) is 10.3. The molecule has 0 bridgehead atoms. The highest BCUT2D eigenvalue weighted by molar-refractivity contribution is 7.16. The Hall–Kier alpha value is -1.40. The van der Waals surface area contributed by atoms with Gasteiger partial charge in [-0.15, -0.1) is 11.3 Å². The number of fused-ring (bicyclic) bond motifs is 1. The van der Waals surface area contributed by atoms with Crippen LogP contribution in [0.1, 0.15) is 12.8 Å². The maximum Gasteiger partial charge on any atom is 0.223 e. The lowest BCUT2D eigenvalue weighted by atomic mass is 9.89. The summed E-state index contributed by atoms with van der Waals surface area (Å²) in [4.78, 5) is 9.40. The smallest absolute Gasteiger partial charge is 0.223 e. The molecule has 1 aliphatic carbocycles. The minimum atomic E-state index is 0.324. The molecule has 1 saturated carbocycles. The van der Waals surface area contributed by atoms with Crippen LogP contribution in [0.25, 0.3) is 10.2 Å². The average molecular weight is 250 g/mol. The SMILES string of the molecule is COC1CC(Nc2nc(N)nc3sccc23)C1. The number of hydrogen-bond acceptors (Lipinski definition) is 6. The first-order chi connectivity index (χ1) is 8.26. The lowest BCUT2D eigenvalue weighted by molar-refractivity contribution is 0.0328. The van der Waals surface area contributed by atoms with Crippen molar-refractivity contribution < 1.29 is 4.74 Å². The Morgan fingerprint density at radius 3 is 3.06 bits per heavy atom. The first-order valence-corrected chi connectivity index (χ1v) is 6.44. The van der Waals surface area contributed by atoms with Crippen molar-refractivity contribution in [2.75, 3.05) is 18.2 Å². The summed E-state index contributed by atoms with van der Waals surface area (Å²) in [5, 5.41) is 6.46. The Morgan fingerprint density at radius 1 is 1.47 bits per heavy atom. The molecule has 17 heavy (non-hydrogen) atoms. The van der Waals surface area contributed by atoms with E-state index in [-0.39, 0.29) is 0 Å². The van der Waals surface area contributed by atoms with Gasteiger partial charge in [0.15, 0.2) is 0 Å². The number of methoxy groups -OCH3 is 1. The molecule has 1 aliphatic rings. The molecule has 3 N–H and O–H groups in total. The van der Waals surface area contributed by atoms with Crippen LogP contribution in [0.4, 0.5) is 11.8 Å². The summed E-state index contributed by atoms with van der Waals surface area (Å²) in [5.41, 5.74) is 5.69. The van der Waals surface area contributed by atoms with Gasteiger partial charge in [0.05, 0.1) is 11.5 Å². The first kappa shape index (κ1) is 10.7. The summed E-state index contributed by atoms with van der Waals surface area (Å²) >= 11 is 1.58. The molecular weight excluding hydrogens is 236 g/mol. The zero-order valence-electron chi connectivity index (χ0n) is 9.51. The summed E-state index contributed by atoms with van der Waals surface area (Å²) in [6.07, 6.45) is 2.42. The number of ether oxygens (including phenoxy) is 1. The fourth-order valence-electron chi connectivity index (χ4n) is 2.05. The quantitative estimate of drug-likeness (QED) is 0.870. The van der Waals surface area contributed by atoms with Crippen LogP contribution in [-0.2, 0) is 4.74 Å². The number of nitrogens with one attached hydrogen (secondary N) is 1. The van der Waals surface area contributed by atoms with Crippen LogP contribution in [0, 0.1) is 0 Å². The number of thiophene rings is 1. The lowest BCUT2D eigenvalue weighted by Gasteiger charge is -2.35. The molecular formula is C11H14N4OS. The normalized spacial score (nSPS) is 23.6. The second-order valence-electron chi connectivity index (χ2n) is 4.24. The average Bonchev–Trinajstić information content (AvgIpc) is 2.70. The van der Waals surface area contributed by atoms with Gasteiger partial charge in [0.25, 0.3) is 0 Å². The maximum absolute atomic E-state index is 5.69. The van der Waals surface area contributed by atoms with E-state index < -0.39 is 0 Å². The molecule has 0 amide bonds. The van der Waals surface area contributed by atoms with E-state index in [0.717, 1.165) is 28.9 Å². The molecule has 0 spiro atoms. The Balaban J connectivity index is 1.83. The van der Waals surface area contributed by atoms with Crippen LogP contribution in [-0.4, -0.2) is 29.2 Å². The summed E-state index contributed by atoms with van der Waals surface area (Å²) in [6, 6.07) is 2.45. The van der Waals surface area contributed by atoms with Crippen molar-refractivity contribution in [2.45, 2.75) is 25.0 Å². The molecule has 6 heteroatoms. The fourth-order valence-corrected chi connectivity index (χ4v) is 2.82. The molecule has 3 rings (SSSR count). The zero-order chi connectivity index (χ0) is 11.8. The van der Waals surface area contributed by atoms with Gasteiger partial charge in [-0.05, 0) is 24.3 Å². The predicted octanol–water partition coefficient (Wildman–Crippen LogP) is 1.86. The van der Waals surface area contributed by atoms with Crippen LogP contribution in [0.2, 0.25) is 0 Å². The van der Waals surface area contributed by atoms with Crippen LogP contribution in [0.5, 0.6) is 0 Å². The van der Waals surface area contributed by atoms with Gasteiger partial charge >= 0.3 is 0 Å². The second-order valence-corrected chi connectivity index (χ2v) is 5.13. The number of anilines is 2. The minimum Gasteiger partial charge on any atom is -0.381 e. The van der Waals surface area contributed by atoms with Gasteiger partial charge < -0.3 is 15.8 Å². The van der Waals surface area contributed by atoms with Crippen LogP contribution < -0.4 is 11.1 Å². The van der Waals surface area contributed by atoms with Crippen LogP contribution >= 0.6 is 11.3 Å². The number of rotatable bonds is 3. The standard InChI is InChI=1S/C11H14N4OS/c1-16-7-4-6(5-7)13-9-8-2-3-17-10(8)15-11(12)14-9/h2-3,6-7H,4-5H2,1H3,(H3,12,13,14,15). The third kappa shape index (κ3) is 1.94. The molecule has 2 aromatic heterocycles. The first-order valence-electron chi connectivity index (χ1n) is 5.56. The largest absolute Gasteiger partial charge is 0.381 e. The number of nitrogens with zero attached hydrogens (tertiary/aromatic N) is 2. The Kier molecular flexibility index (Phi) is 2.60. The van der Waals surface area contributed by atoms with Crippen molar-refractivity contribution in [1.82, 2.24) is 9.97 Å². The van der Waals surface area contributed by atoms with Gasteiger partial charge in [-0.3, -0.25) is 0 Å². The van der Waals surface area contributed by atoms with Crippen molar-refractivity contribution in [1.29, 1.82) is 0 Å². The molecule has 90 valence electrons. The van der Waals surface area contributed by atoms with Crippen molar-refractivity contribution in [3.8, 4) is 0 Å². The van der Waals surface area contributed by atoms with Gasteiger partial charge in [-0.25, -0.2) is 4.98 Å². The molecule has 0 aromatic carbocycles. The van der Waals surface area contributed by atoms with Gasteiger partial charge in [-0.1, -0.05) is 0 Å². The van der Waals surface area contributed by atoms with E-state index in [2.05, 4.69) is 15.3 Å². The topological polar surface area (TPSA) is 73.1 Å². The third-order valence-electron chi connectivity index (χ3n) is 3.11. The molecule has 1 fully saturated rings. The minimum absolute atomic E-state index is 0.324. The van der Waals surface area contributed by atoms with Crippen molar-refractivity contribution in [3.05, 3.63) is 11.4 Å². The summed E-state index contributed by atoms with van der Waals surface area (Å²) in [7, 11) is 1.75. The highest BCUT2D eigenvalue weighted by Crippen LogP contribution is 2.30. The predicted molar refractivity (Wildman–Crippen MR) is 69.3 cm³/mol. The van der Waals surface area contributed by atoms with Gasteiger partial charge in [0, 0.05) is 13.2 Å². The number of hydrogen-bond donors (Lipinski definition) is 2. The molecule has 0 atom stereocenters. The van der Waals surface area contributed by atoms with E-state index in [1.165, 1.54) is 0 Å². The molecule has 0 saturated heterocycles. The molecule has 5 nitrogen and oxygen atoms in total. The maximum atomic E-state index is 5.69. The monoisotopic (exact) mass is 250 g/mol. The van der Waals surface area contributed by atoms with Crippen molar-refractivity contribution in [3.63, 3.8) is 0 Å². The van der Waals surface area contributed by atoms with E-state index in [9.17, 15) is 0 Å². The molecule has 2 aromatic rings. The van der Waals surface area contributed by atoms with Gasteiger partial charge in [0.2, 0.25) is 5.95 Å². The highest BCUT2D eigenvalue weighted by atomic mass is 32.1. The fraction of sp³-hybridized carbons (Fsp3) is 0.455. The van der Waals surface area contributed by atoms with E-state index in [1.54, 1.807) is 18.4 Å². The summed E-state index contributed by atoms with van der Waals surface area (Å²) in [5.74, 6) is 1.17. The van der Waals surface area contributed by atoms with Gasteiger partial charge in [0.1, 0.15) is 10.6 Å². The molecule has 0 aliphatic heterocycles. The number of aromatic nitrogens is 2. The summed E-state index contributed by atoms with van der Waals surface area (Å²) < 4.78 is 5.25. The van der Waals surface area contributed by atoms with Gasteiger partial charge in [-0.2, -0.15) is 4.98 Å². The molecule has 0 unspecified atom stereocenters. The third-order valence-corrected chi connectivity index (χ3v) is 3.92. The lowest BCUT2D eigenvalue weighted by Crippen LogP contribution is -2.40. The van der Waals surface area contributed by atoms with E-state index in [0.29, 0.717) is 18.1 Å². The number of nitrogen functional groups attached to an aromatic ring is 1. The van der Waals surface area contributed by atoms with Crippen molar-refractivity contribution >= 4 is 33.3 Å². The Bertz CT molecular complexity index is 535. The second kappa shape index (κ2) is 4.12. The van der Waals surface area contributed by atoms with Crippen LogP contribution in [0.3, 0.4) is 0 Å². The summed E-state index contributed by atoms with van der Waals surface area (Å²) in [6.45, 7) is 0. The highest BCUT2D eigenvalue weighted by Gasteiger charge is 2.29. The van der Waals surface area contributed by atoms with E-state index >= 15 is 0 Å². The van der Waals surface area contributed by atoms with Crippen molar-refractivity contribution in [2.24, 2.45) is 0 Å².